The minimum absolute atomic E-state index is 0.0794. The van der Waals surface area contributed by atoms with Crippen molar-refractivity contribution in [3.05, 3.63) is 50.6 Å². The van der Waals surface area contributed by atoms with Crippen molar-refractivity contribution in [1.29, 1.82) is 0 Å². The standard InChI is InChI=1S/C22H18FN3O4S/c1-2-22(29)12-5-15-18-10(7-26(15)20(27)11(12)8-30-21(22)28)9-3-4-31-19-16(9)14(25-18)6-13(23)17(19)24/h5-6,29H,2-4,7-8,24H2,1H3/t22-/m0/s1. The molecule has 0 spiro atoms. The first kappa shape index (κ1) is 18.8. The summed E-state index contributed by atoms with van der Waals surface area (Å²) in [7, 11) is 0. The molecule has 6 rings (SSSR count). The molecule has 3 aliphatic rings. The number of carbonyl (C=O) groups is 1. The second kappa shape index (κ2) is 6.08. The van der Waals surface area contributed by atoms with Crippen molar-refractivity contribution in [2.45, 2.75) is 43.4 Å². The molecule has 3 N–H and O–H groups in total. The number of nitrogens with two attached hydrogens (primary N) is 1. The number of cyclic esters (lactones) is 1. The molecule has 0 amide bonds. The molecule has 1 atom stereocenters. The summed E-state index contributed by atoms with van der Waals surface area (Å²) in [5.41, 5.74) is 8.04. The van der Waals surface area contributed by atoms with E-state index in [4.69, 9.17) is 15.5 Å². The molecular weight excluding hydrogens is 421 g/mol. The Morgan fingerprint density at radius 1 is 1.32 bits per heavy atom. The van der Waals surface area contributed by atoms with Crippen LogP contribution in [0, 0.1) is 5.82 Å². The lowest BCUT2D eigenvalue weighted by atomic mass is 9.86. The third-order valence-corrected chi connectivity index (χ3v) is 7.75. The second-order valence-electron chi connectivity index (χ2n) is 8.11. The number of nitrogens with zero attached hydrogens (tertiary/aromatic N) is 2. The minimum Gasteiger partial charge on any atom is -0.458 e. The highest BCUT2D eigenvalue weighted by atomic mass is 32.2. The van der Waals surface area contributed by atoms with Crippen LogP contribution in [0.3, 0.4) is 0 Å². The van der Waals surface area contributed by atoms with Gasteiger partial charge in [0.25, 0.3) is 5.56 Å². The number of aryl methyl sites for hydroxylation is 1. The van der Waals surface area contributed by atoms with Crippen molar-refractivity contribution in [1.82, 2.24) is 9.55 Å². The van der Waals surface area contributed by atoms with Crippen molar-refractivity contribution in [3.63, 3.8) is 0 Å². The largest absolute Gasteiger partial charge is 0.458 e. The third kappa shape index (κ3) is 2.25. The van der Waals surface area contributed by atoms with Crippen LogP contribution in [0.15, 0.2) is 21.8 Å². The molecule has 7 nitrogen and oxygen atoms in total. The first-order valence-electron chi connectivity index (χ1n) is 10.1. The van der Waals surface area contributed by atoms with Gasteiger partial charge >= 0.3 is 5.97 Å². The fourth-order valence-corrected chi connectivity index (χ4v) is 6.10. The van der Waals surface area contributed by atoms with Crippen LogP contribution in [0.5, 0.6) is 0 Å². The van der Waals surface area contributed by atoms with E-state index in [1.807, 2.05) is 0 Å². The normalized spacial score (nSPS) is 20.9. The van der Waals surface area contributed by atoms with Gasteiger partial charge in [-0.25, -0.2) is 14.2 Å². The van der Waals surface area contributed by atoms with Gasteiger partial charge in [0.2, 0.25) is 0 Å². The summed E-state index contributed by atoms with van der Waals surface area (Å²) in [5.74, 6) is -0.517. The molecule has 0 bridgehead atoms. The van der Waals surface area contributed by atoms with E-state index in [2.05, 4.69) is 0 Å². The zero-order valence-electron chi connectivity index (χ0n) is 16.6. The number of anilines is 1. The van der Waals surface area contributed by atoms with Gasteiger partial charge in [-0.15, -0.1) is 11.8 Å². The first-order chi connectivity index (χ1) is 14.8. The van der Waals surface area contributed by atoms with Crippen LogP contribution in [-0.2, 0) is 34.7 Å². The van der Waals surface area contributed by atoms with Gasteiger partial charge in [-0.2, -0.15) is 0 Å². The quantitative estimate of drug-likeness (QED) is 0.346. The molecule has 2 aromatic heterocycles. The number of benzene rings is 1. The lowest BCUT2D eigenvalue weighted by Gasteiger charge is -2.31. The SMILES string of the molecule is CC[C@@]1(O)C(=O)OCc2c1cc1n(c2=O)Cc2c-1nc1cc(F)c(N)c3c1c2CCS3. The molecule has 9 heteroatoms. The molecule has 31 heavy (non-hydrogen) atoms. The van der Waals surface area contributed by atoms with Crippen LogP contribution >= 0.6 is 11.8 Å². The Hall–Kier alpha value is -2.91. The maximum atomic E-state index is 14.5. The van der Waals surface area contributed by atoms with E-state index >= 15 is 0 Å². The molecule has 1 aromatic carbocycles. The summed E-state index contributed by atoms with van der Waals surface area (Å²) >= 11 is 1.52. The topological polar surface area (TPSA) is 107 Å². The van der Waals surface area contributed by atoms with Crippen LogP contribution in [-0.4, -0.2) is 26.4 Å². The summed E-state index contributed by atoms with van der Waals surface area (Å²) < 4.78 is 21.2. The number of thioether (sulfide) groups is 1. The minimum atomic E-state index is -1.87. The molecule has 0 fully saturated rings. The summed E-state index contributed by atoms with van der Waals surface area (Å²) in [6, 6.07) is 3.01. The van der Waals surface area contributed by atoms with E-state index in [1.54, 1.807) is 17.6 Å². The van der Waals surface area contributed by atoms with Gasteiger partial charge in [-0.1, -0.05) is 6.92 Å². The Kier molecular flexibility index (Phi) is 3.69. The Morgan fingerprint density at radius 2 is 2.13 bits per heavy atom. The number of ether oxygens (including phenoxy) is 1. The number of hydrogen-bond donors (Lipinski definition) is 2. The number of aromatic nitrogens is 2. The number of carbonyl (C=O) groups excluding carboxylic acids is 1. The van der Waals surface area contributed by atoms with E-state index in [1.165, 1.54) is 17.8 Å². The number of halogens is 1. The predicted octanol–water partition coefficient (Wildman–Crippen LogP) is 2.45. The molecule has 0 radical (unpaired) electrons. The number of pyridine rings is 2. The molecule has 0 saturated carbocycles. The number of fused-ring (bicyclic) bond motifs is 5. The van der Waals surface area contributed by atoms with Crippen molar-refractivity contribution >= 4 is 34.3 Å². The lowest BCUT2D eigenvalue weighted by molar-refractivity contribution is -0.172. The van der Waals surface area contributed by atoms with Gasteiger partial charge in [-0.05, 0) is 24.5 Å². The zero-order chi connectivity index (χ0) is 21.7. The van der Waals surface area contributed by atoms with Crippen LogP contribution < -0.4 is 11.3 Å². The molecule has 3 aliphatic heterocycles. The maximum Gasteiger partial charge on any atom is 0.343 e. The summed E-state index contributed by atoms with van der Waals surface area (Å²) in [5, 5.41) is 11.8. The van der Waals surface area contributed by atoms with Gasteiger partial charge in [-0.3, -0.25) is 4.79 Å². The summed E-state index contributed by atoms with van der Waals surface area (Å²) in [4.78, 5) is 31.0. The van der Waals surface area contributed by atoms with Gasteiger partial charge in [0, 0.05) is 33.2 Å². The Bertz CT molecular complexity index is 1420. The molecule has 5 heterocycles. The number of rotatable bonds is 1. The Morgan fingerprint density at radius 3 is 2.90 bits per heavy atom. The Balaban J connectivity index is 1.68. The zero-order valence-corrected chi connectivity index (χ0v) is 17.4. The van der Waals surface area contributed by atoms with Crippen LogP contribution in [0.2, 0.25) is 0 Å². The van der Waals surface area contributed by atoms with E-state index in [-0.39, 0.29) is 35.4 Å². The van der Waals surface area contributed by atoms with Crippen molar-refractivity contribution in [3.8, 4) is 11.4 Å². The first-order valence-corrected chi connectivity index (χ1v) is 11.1. The number of nitrogen functional groups attached to an aromatic ring is 1. The predicted molar refractivity (Wildman–Crippen MR) is 113 cm³/mol. The van der Waals surface area contributed by atoms with Gasteiger partial charge < -0.3 is 20.1 Å². The summed E-state index contributed by atoms with van der Waals surface area (Å²) in [6.07, 6.45) is 0.836. The molecule has 0 aliphatic carbocycles. The Labute approximate surface area is 180 Å². The molecule has 0 unspecified atom stereocenters. The van der Waals surface area contributed by atoms with Crippen LogP contribution in [0.1, 0.15) is 35.6 Å². The fraction of sp³-hybridized carbons (Fsp3) is 0.318. The molecule has 158 valence electrons. The summed E-state index contributed by atoms with van der Waals surface area (Å²) in [6.45, 7) is 1.82. The highest BCUT2D eigenvalue weighted by Crippen LogP contribution is 2.46. The van der Waals surface area contributed by atoms with Gasteiger partial charge in [0.05, 0.1) is 34.7 Å². The molecule has 3 aromatic rings. The average Bonchev–Trinajstić information content (AvgIpc) is 3.14. The highest BCUT2D eigenvalue weighted by Gasteiger charge is 2.45. The van der Waals surface area contributed by atoms with Gasteiger partial charge in [0.15, 0.2) is 5.60 Å². The third-order valence-electron chi connectivity index (χ3n) is 6.63. The smallest absolute Gasteiger partial charge is 0.343 e. The van der Waals surface area contributed by atoms with Crippen LogP contribution in [0.4, 0.5) is 10.1 Å². The van der Waals surface area contributed by atoms with Gasteiger partial charge in [0.1, 0.15) is 12.4 Å². The van der Waals surface area contributed by atoms with Crippen LogP contribution in [0.25, 0.3) is 22.3 Å². The monoisotopic (exact) mass is 439 g/mol. The van der Waals surface area contributed by atoms with E-state index in [9.17, 15) is 19.1 Å². The van der Waals surface area contributed by atoms with E-state index < -0.39 is 17.4 Å². The molecular formula is C22H18FN3O4S. The second-order valence-corrected chi connectivity index (χ2v) is 9.22. The maximum absolute atomic E-state index is 14.5. The fourth-order valence-electron chi connectivity index (χ4n) is 4.97. The van der Waals surface area contributed by atoms with Crippen molar-refractivity contribution in [2.75, 3.05) is 11.5 Å². The average molecular weight is 439 g/mol. The number of hydrogen-bond acceptors (Lipinski definition) is 7. The number of aliphatic hydroxyl groups is 1. The van der Waals surface area contributed by atoms with E-state index in [0.717, 1.165) is 28.7 Å². The van der Waals surface area contributed by atoms with Crippen molar-refractivity contribution in [2.24, 2.45) is 0 Å². The highest BCUT2D eigenvalue weighted by molar-refractivity contribution is 7.99. The molecule has 0 saturated heterocycles. The van der Waals surface area contributed by atoms with E-state index in [0.29, 0.717) is 28.3 Å². The number of esters is 1. The van der Waals surface area contributed by atoms with Crippen molar-refractivity contribution < 1.29 is 19.0 Å². The lowest BCUT2D eigenvalue weighted by Crippen LogP contribution is -2.44.